The van der Waals surface area contributed by atoms with Crippen molar-refractivity contribution >= 4 is 5.69 Å². The number of piperidine rings is 1. The van der Waals surface area contributed by atoms with Gasteiger partial charge in [0.25, 0.3) is 0 Å². The summed E-state index contributed by atoms with van der Waals surface area (Å²) in [6.45, 7) is 13.5. The summed E-state index contributed by atoms with van der Waals surface area (Å²) in [5.41, 5.74) is 2.14. The van der Waals surface area contributed by atoms with Gasteiger partial charge in [-0.25, -0.2) is 4.39 Å². The molecule has 1 aliphatic rings. The summed E-state index contributed by atoms with van der Waals surface area (Å²) >= 11 is 0. The fourth-order valence-electron chi connectivity index (χ4n) is 3.00. The van der Waals surface area contributed by atoms with Gasteiger partial charge in [0.05, 0.1) is 0 Å². The number of hydrogen-bond acceptors (Lipinski definition) is 2. The van der Waals surface area contributed by atoms with E-state index in [-0.39, 0.29) is 11.4 Å². The zero-order chi connectivity index (χ0) is 15.7. The monoisotopic (exact) mass is 292 g/mol. The standard InChI is InChI=1S/C18H29FN2/c1-17(2,3)20-12-14-15(19)8-6-9-16(14)21-11-7-10-18(4,5)13-21/h6,8-9,20H,7,10-13H2,1-5H3. The third kappa shape index (κ3) is 4.44. The Morgan fingerprint density at radius 2 is 2.00 bits per heavy atom. The maximum absolute atomic E-state index is 14.3. The first-order valence-corrected chi connectivity index (χ1v) is 7.95. The molecule has 1 saturated heterocycles. The molecule has 2 rings (SSSR count). The molecule has 0 aromatic heterocycles. The van der Waals surface area contributed by atoms with Crippen molar-refractivity contribution in [1.29, 1.82) is 0 Å². The van der Waals surface area contributed by atoms with Gasteiger partial charge in [0, 0.05) is 36.4 Å². The van der Waals surface area contributed by atoms with Crippen molar-refractivity contribution in [2.24, 2.45) is 5.41 Å². The van der Waals surface area contributed by atoms with Crippen LogP contribution in [0.3, 0.4) is 0 Å². The predicted octanol–water partition coefficient (Wildman–Crippen LogP) is 4.34. The van der Waals surface area contributed by atoms with Crippen LogP contribution in [-0.2, 0) is 6.54 Å². The van der Waals surface area contributed by atoms with Crippen LogP contribution in [0.1, 0.15) is 53.0 Å². The maximum Gasteiger partial charge on any atom is 0.129 e. The van der Waals surface area contributed by atoms with Crippen LogP contribution >= 0.6 is 0 Å². The normalized spacial score (nSPS) is 18.9. The number of rotatable bonds is 3. The van der Waals surface area contributed by atoms with Crippen molar-refractivity contribution in [3.05, 3.63) is 29.6 Å². The molecule has 1 heterocycles. The molecule has 0 amide bonds. The van der Waals surface area contributed by atoms with Crippen LogP contribution in [0.25, 0.3) is 0 Å². The third-order valence-corrected chi connectivity index (χ3v) is 4.13. The lowest BCUT2D eigenvalue weighted by Gasteiger charge is -2.40. The number of nitrogens with one attached hydrogen (secondary N) is 1. The summed E-state index contributed by atoms with van der Waals surface area (Å²) in [6.07, 6.45) is 2.42. The molecule has 1 aliphatic heterocycles. The molecule has 1 aromatic carbocycles. The fraction of sp³-hybridized carbons (Fsp3) is 0.667. The summed E-state index contributed by atoms with van der Waals surface area (Å²) in [6, 6.07) is 5.45. The summed E-state index contributed by atoms with van der Waals surface area (Å²) in [7, 11) is 0. The largest absolute Gasteiger partial charge is 0.371 e. The SMILES string of the molecule is CC1(C)CCCN(c2cccc(F)c2CNC(C)(C)C)C1. The Morgan fingerprint density at radius 3 is 2.62 bits per heavy atom. The van der Waals surface area contributed by atoms with Crippen LogP contribution in [0, 0.1) is 11.2 Å². The lowest BCUT2D eigenvalue weighted by molar-refractivity contribution is 0.292. The fourth-order valence-corrected chi connectivity index (χ4v) is 3.00. The van der Waals surface area contributed by atoms with Crippen LogP contribution in [0.2, 0.25) is 0 Å². The second-order valence-electron chi connectivity index (χ2n) is 8.03. The van der Waals surface area contributed by atoms with E-state index in [1.165, 1.54) is 12.8 Å². The average molecular weight is 292 g/mol. The molecule has 0 saturated carbocycles. The Balaban J connectivity index is 2.24. The highest BCUT2D eigenvalue weighted by molar-refractivity contribution is 5.54. The van der Waals surface area contributed by atoms with Gasteiger partial charge >= 0.3 is 0 Å². The Kier molecular flexibility index (Phi) is 4.62. The highest BCUT2D eigenvalue weighted by Gasteiger charge is 2.28. The van der Waals surface area contributed by atoms with Gasteiger partial charge in [0.2, 0.25) is 0 Å². The molecule has 118 valence electrons. The minimum atomic E-state index is -0.104. The highest BCUT2D eigenvalue weighted by Crippen LogP contribution is 2.33. The molecule has 1 fully saturated rings. The first-order valence-electron chi connectivity index (χ1n) is 7.95. The van der Waals surface area contributed by atoms with Crippen molar-refractivity contribution in [1.82, 2.24) is 5.32 Å². The third-order valence-electron chi connectivity index (χ3n) is 4.13. The maximum atomic E-state index is 14.3. The minimum absolute atomic E-state index is 0.0132. The zero-order valence-electron chi connectivity index (χ0n) is 14.1. The van der Waals surface area contributed by atoms with Gasteiger partial charge in [-0.05, 0) is 51.2 Å². The van der Waals surface area contributed by atoms with Crippen LogP contribution in [0.15, 0.2) is 18.2 Å². The Bertz CT molecular complexity index is 488. The Hall–Kier alpha value is -1.09. The molecule has 21 heavy (non-hydrogen) atoms. The first kappa shape index (κ1) is 16.3. The molecule has 0 atom stereocenters. The summed E-state index contributed by atoms with van der Waals surface area (Å²) < 4.78 is 14.3. The van der Waals surface area contributed by atoms with Gasteiger partial charge in [0.15, 0.2) is 0 Å². The number of hydrogen-bond donors (Lipinski definition) is 1. The lowest BCUT2D eigenvalue weighted by Crippen LogP contribution is -2.41. The van der Waals surface area contributed by atoms with Crippen LogP contribution in [-0.4, -0.2) is 18.6 Å². The van der Waals surface area contributed by atoms with E-state index in [0.717, 1.165) is 24.3 Å². The molecular weight excluding hydrogens is 263 g/mol. The molecule has 0 spiro atoms. The number of benzene rings is 1. The second kappa shape index (κ2) is 5.96. The van der Waals surface area contributed by atoms with Gasteiger partial charge in [-0.2, -0.15) is 0 Å². The van der Waals surface area contributed by atoms with E-state index in [0.29, 0.717) is 12.0 Å². The molecule has 3 heteroatoms. The van der Waals surface area contributed by atoms with Crippen molar-refractivity contribution in [2.75, 3.05) is 18.0 Å². The van der Waals surface area contributed by atoms with Crippen LogP contribution in [0.5, 0.6) is 0 Å². The zero-order valence-corrected chi connectivity index (χ0v) is 14.1. The molecular formula is C18H29FN2. The van der Waals surface area contributed by atoms with E-state index >= 15 is 0 Å². The van der Waals surface area contributed by atoms with E-state index in [9.17, 15) is 4.39 Å². The van der Waals surface area contributed by atoms with Gasteiger partial charge in [-0.1, -0.05) is 19.9 Å². The van der Waals surface area contributed by atoms with Gasteiger partial charge in [0.1, 0.15) is 5.82 Å². The molecule has 0 aliphatic carbocycles. The van der Waals surface area contributed by atoms with E-state index in [4.69, 9.17) is 0 Å². The topological polar surface area (TPSA) is 15.3 Å². The van der Waals surface area contributed by atoms with E-state index in [2.05, 4.69) is 50.9 Å². The van der Waals surface area contributed by atoms with Crippen LogP contribution in [0.4, 0.5) is 10.1 Å². The van der Waals surface area contributed by atoms with Gasteiger partial charge in [-0.3, -0.25) is 0 Å². The summed E-state index contributed by atoms with van der Waals surface area (Å²) in [5.74, 6) is -0.104. The number of halogens is 1. The second-order valence-corrected chi connectivity index (χ2v) is 8.03. The first-order chi connectivity index (χ1) is 9.68. The Labute approximate surface area is 128 Å². The molecule has 2 nitrogen and oxygen atoms in total. The number of anilines is 1. The van der Waals surface area contributed by atoms with Crippen molar-refractivity contribution < 1.29 is 4.39 Å². The van der Waals surface area contributed by atoms with E-state index in [1.807, 2.05) is 6.07 Å². The van der Waals surface area contributed by atoms with Crippen LogP contribution < -0.4 is 10.2 Å². The summed E-state index contributed by atoms with van der Waals surface area (Å²) in [5, 5.41) is 3.41. The van der Waals surface area contributed by atoms with Crippen molar-refractivity contribution in [2.45, 2.75) is 59.5 Å². The number of nitrogens with zero attached hydrogens (tertiary/aromatic N) is 1. The molecule has 1 aromatic rings. The molecule has 0 bridgehead atoms. The highest BCUT2D eigenvalue weighted by atomic mass is 19.1. The quantitative estimate of drug-likeness (QED) is 0.891. The molecule has 1 N–H and O–H groups in total. The smallest absolute Gasteiger partial charge is 0.129 e. The van der Waals surface area contributed by atoms with E-state index < -0.39 is 0 Å². The van der Waals surface area contributed by atoms with Crippen molar-refractivity contribution in [3.8, 4) is 0 Å². The van der Waals surface area contributed by atoms with E-state index in [1.54, 1.807) is 6.07 Å². The summed E-state index contributed by atoms with van der Waals surface area (Å²) in [4.78, 5) is 2.35. The molecule has 0 radical (unpaired) electrons. The lowest BCUT2D eigenvalue weighted by atomic mass is 9.84. The van der Waals surface area contributed by atoms with Gasteiger partial charge < -0.3 is 10.2 Å². The molecule has 0 unspecified atom stereocenters. The van der Waals surface area contributed by atoms with Gasteiger partial charge in [-0.15, -0.1) is 0 Å². The minimum Gasteiger partial charge on any atom is -0.371 e. The predicted molar refractivity (Wildman–Crippen MR) is 88.2 cm³/mol. The average Bonchev–Trinajstić information content (AvgIpc) is 2.34. The Morgan fingerprint density at radius 1 is 1.29 bits per heavy atom. The van der Waals surface area contributed by atoms with Crippen molar-refractivity contribution in [3.63, 3.8) is 0 Å².